The largest absolute Gasteiger partial charge is 0.433 e. The molecule has 0 aliphatic carbocycles. The maximum absolute atomic E-state index is 12.4. The summed E-state index contributed by atoms with van der Waals surface area (Å²) in [5.74, 6) is 0. The van der Waals surface area contributed by atoms with Crippen molar-refractivity contribution in [2.24, 2.45) is 0 Å². The zero-order valence-electron chi connectivity index (χ0n) is 9.03. The maximum Gasteiger partial charge on any atom is 0.433 e. The topological polar surface area (TPSA) is 33.1 Å². The van der Waals surface area contributed by atoms with Crippen LogP contribution in [0.2, 0.25) is 0 Å². The van der Waals surface area contributed by atoms with Crippen molar-refractivity contribution in [2.45, 2.75) is 24.1 Å². The van der Waals surface area contributed by atoms with Gasteiger partial charge in [0.1, 0.15) is 5.69 Å². The molecule has 20 heavy (non-hydrogen) atoms. The highest BCUT2D eigenvalue weighted by Gasteiger charge is 2.72. The van der Waals surface area contributed by atoms with Gasteiger partial charge in [-0.15, -0.1) is 0 Å². The molecule has 114 valence electrons. The Morgan fingerprint density at radius 3 is 1.50 bits per heavy atom. The summed E-state index contributed by atoms with van der Waals surface area (Å²) in [6.07, 6.45) is -17.8. The first kappa shape index (κ1) is 16.5. The van der Waals surface area contributed by atoms with Gasteiger partial charge < -0.3 is 5.11 Å². The summed E-state index contributed by atoms with van der Waals surface area (Å²) >= 11 is 0. The molecule has 0 atom stereocenters. The third kappa shape index (κ3) is 2.67. The maximum atomic E-state index is 12.4. The molecule has 0 radical (unpaired) electrons. The quantitative estimate of drug-likeness (QED) is 0.806. The van der Waals surface area contributed by atoms with Crippen molar-refractivity contribution < 1.29 is 44.6 Å². The number of hydrogen-bond donors (Lipinski definition) is 1. The SMILES string of the molecule is OC(c1cccc(C(F)(F)F)n1)(C(F)(F)F)C(F)(F)F. The Balaban J connectivity index is 3.53. The number of nitrogens with zero attached hydrogens (tertiary/aromatic N) is 1. The van der Waals surface area contributed by atoms with Crippen molar-refractivity contribution in [3.05, 3.63) is 29.6 Å². The summed E-state index contributed by atoms with van der Waals surface area (Å²) in [5, 5.41) is 8.87. The van der Waals surface area contributed by atoms with Crippen molar-refractivity contribution in [2.75, 3.05) is 0 Å². The lowest BCUT2D eigenvalue weighted by Gasteiger charge is -2.31. The van der Waals surface area contributed by atoms with Gasteiger partial charge in [-0.1, -0.05) is 6.07 Å². The third-order valence-electron chi connectivity index (χ3n) is 2.23. The van der Waals surface area contributed by atoms with Crippen LogP contribution >= 0.6 is 0 Å². The van der Waals surface area contributed by atoms with E-state index < -0.39 is 35.5 Å². The smallest absolute Gasteiger partial charge is 0.368 e. The molecule has 0 aliphatic heterocycles. The van der Waals surface area contributed by atoms with Gasteiger partial charge in [0.2, 0.25) is 0 Å². The van der Waals surface area contributed by atoms with Gasteiger partial charge in [0, 0.05) is 0 Å². The molecule has 1 heterocycles. The van der Waals surface area contributed by atoms with Gasteiger partial charge in [0.25, 0.3) is 5.60 Å². The molecule has 1 N–H and O–H groups in total. The second kappa shape index (κ2) is 4.50. The molecule has 11 heteroatoms. The van der Waals surface area contributed by atoms with Crippen LogP contribution in [0, 0.1) is 0 Å². The normalized spacial score (nSPS) is 14.5. The summed E-state index contributed by atoms with van der Waals surface area (Å²) in [4.78, 5) is 2.23. The van der Waals surface area contributed by atoms with Crippen LogP contribution in [-0.4, -0.2) is 22.4 Å². The Kier molecular flexibility index (Phi) is 3.72. The number of alkyl halides is 9. The van der Waals surface area contributed by atoms with Gasteiger partial charge in [-0.05, 0) is 12.1 Å². The summed E-state index contributed by atoms with van der Waals surface area (Å²) in [6.45, 7) is 0. The molecule has 1 aromatic heterocycles. The van der Waals surface area contributed by atoms with Crippen LogP contribution in [0.15, 0.2) is 18.2 Å². The molecule has 0 saturated heterocycles. The molecule has 0 fully saturated rings. The first-order valence-corrected chi connectivity index (χ1v) is 4.62. The number of aromatic nitrogens is 1. The lowest BCUT2D eigenvalue weighted by molar-refractivity contribution is -0.377. The fraction of sp³-hybridized carbons (Fsp3) is 0.444. The zero-order chi connectivity index (χ0) is 16.0. The molecule has 0 amide bonds. The van der Waals surface area contributed by atoms with Crippen LogP contribution < -0.4 is 0 Å². The Hall–Kier alpha value is -1.52. The second-order valence-corrected chi connectivity index (χ2v) is 3.61. The van der Waals surface area contributed by atoms with E-state index >= 15 is 0 Å². The van der Waals surface area contributed by atoms with Crippen LogP contribution in [0.25, 0.3) is 0 Å². The van der Waals surface area contributed by atoms with Gasteiger partial charge >= 0.3 is 18.5 Å². The van der Waals surface area contributed by atoms with E-state index in [1.807, 2.05) is 0 Å². The Bertz CT molecular complexity index is 473. The number of halogens is 9. The lowest BCUT2D eigenvalue weighted by Crippen LogP contribution is -2.54. The highest BCUT2D eigenvalue weighted by molar-refractivity contribution is 5.22. The predicted molar refractivity (Wildman–Crippen MR) is 45.2 cm³/mol. The minimum Gasteiger partial charge on any atom is -0.368 e. The van der Waals surface area contributed by atoms with Gasteiger partial charge in [-0.3, -0.25) is 0 Å². The molecular formula is C9H4F9NO. The third-order valence-corrected chi connectivity index (χ3v) is 2.23. The number of rotatable bonds is 1. The van der Waals surface area contributed by atoms with E-state index in [-0.39, 0.29) is 18.2 Å². The minimum absolute atomic E-state index is 0.0101. The minimum atomic E-state index is -6.29. The molecular weight excluding hydrogens is 309 g/mol. The van der Waals surface area contributed by atoms with Gasteiger partial charge in [-0.2, -0.15) is 39.5 Å². The van der Waals surface area contributed by atoms with Gasteiger partial charge in [0.15, 0.2) is 0 Å². The molecule has 2 nitrogen and oxygen atoms in total. The summed E-state index contributed by atoms with van der Waals surface area (Å²) in [6, 6.07) is 0.473. The van der Waals surface area contributed by atoms with E-state index in [9.17, 15) is 39.5 Å². The van der Waals surface area contributed by atoms with Crippen molar-refractivity contribution in [1.29, 1.82) is 0 Å². The average molecular weight is 313 g/mol. The van der Waals surface area contributed by atoms with E-state index in [1.165, 1.54) is 0 Å². The molecule has 0 aromatic carbocycles. The highest BCUT2D eigenvalue weighted by Crippen LogP contribution is 2.49. The van der Waals surface area contributed by atoms with E-state index in [1.54, 1.807) is 0 Å². The average Bonchev–Trinajstić information content (AvgIpc) is 2.24. The standard InChI is InChI=1S/C9H4F9NO/c10-7(11,12)5-3-1-2-4(19-5)6(20,8(13,14)15)9(16,17)18/h1-3,20H. The van der Waals surface area contributed by atoms with E-state index in [2.05, 4.69) is 4.98 Å². The molecule has 0 aliphatic rings. The van der Waals surface area contributed by atoms with Crippen molar-refractivity contribution in [1.82, 2.24) is 4.98 Å². The number of pyridine rings is 1. The Morgan fingerprint density at radius 1 is 0.750 bits per heavy atom. The molecule has 0 saturated carbocycles. The van der Waals surface area contributed by atoms with Crippen LogP contribution in [0.5, 0.6) is 0 Å². The highest BCUT2D eigenvalue weighted by atomic mass is 19.4. The molecule has 0 bridgehead atoms. The van der Waals surface area contributed by atoms with E-state index in [4.69, 9.17) is 5.11 Å². The number of aliphatic hydroxyl groups is 1. The predicted octanol–water partition coefficient (Wildman–Crippen LogP) is 3.41. The van der Waals surface area contributed by atoms with Crippen molar-refractivity contribution in [3.8, 4) is 0 Å². The summed E-state index contributed by atoms with van der Waals surface area (Å²) in [5.41, 5.74) is -9.67. The van der Waals surface area contributed by atoms with Crippen LogP contribution in [0.4, 0.5) is 39.5 Å². The molecule has 0 unspecified atom stereocenters. The first-order chi connectivity index (χ1) is 8.71. The van der Waals surface area contributed by atoms with Crippen molar-refractivity contribution in [3.63, 3.8) is 0 Å². The fourth-order valence-corrected chi connectivity index (χ4v) is 1.25. The van der Waals surface area contributed by atoms with Crippen molar-refractivity contribution >= 4 is 0 Å². The van der Waals surface area contributed by atoms with Gasteiger partial charge in [-0.25, -0.2) is 4.98 Å². The molecule has 1 aromatic rings. The van der Waals surface area contributed by atoms with E-state index in [0.717, 1.165) is 0 Å². The van der Waals surface area contributed by atoms with Crippen LogP contribution in [0.1, 0.15) is 11.4 Å². The lowest BCUT2D eigenvalue weighted by atomic mass is 9.97. The monoisotopic (exact) mass is 313 g/mol. The summed E-state index contributed by atoms with van der Waals surface area (Å²) in [7, 11) is 0. The fourth-order valence-electron chi connectivity index (χ4n) is 1.25. The number of hydrogen-bond acceptors (Lipinski definition) is 2. The molecule has 1 rings (SSSR count). The Labute approximate surface area is 104 Å². The van der Waals surface area contributed by atoms with Crippen LogP contribution in [0.3, 0.4) is 0 Å². The molecule has 0 spiro atoms. The summed E-state index contributed by atoms with van der Waals surface area (Å²) < 4.78 is 111. The van der Waals surface area contributed by atoms with Crippen LogP contribution in [-0.2, 0) is 11.8 Å². The zero-order valence-corrected chi connectivity index (χ0v) is 9.03. The Morgan fingerprint density at radius 2 is 1.15 bits per heavy atom. The second-order valence-electron chi connectivity index (χ2n) is 3.61. The van der Waals surface area contributed by atoms with E-state index in [0.29, 0.717) is 0 Å². The van der Waals surface area contributed by atoms with Gasteiger partial charge in [0.05, 0.1) is 5.69 Å². The first-order valence-electron chi connectivity index (χ1n) is 4.62.